The largest absolute Gasteiger partial charge is 0.170 e. The van der Waals surface area contributed by atoms with Crippen molar-refractivity contribution in [1.82, 2.24) is 0 Å². The van der Waals surface area contributed by atoms with E-state index < -0.39 is 0 Å². The summed E-state index contributed by atoms with van der Waals surface area (Å²) >= 11 is 0. The van der Waals surface area contributed by atoms with Crippen LogP contribution in [-0.4, -0.2) is 67.1 Å². The number of hydrogen-bond acceptors (Lipinski definition) is 0. The van der Waals surface area contributed by atoms with Gasteiger partial charge >= 0.3 is 0 Å². The van der Waals surface area contributed by atoms with Crippen LogP contribution in [0.1, 0.15) is 22.3 Å². The minimum absolute atomic E-state index is 0.531. The van der Waals surface area contributed by atoms with Crippen molar-refractivity contribution in [3.63, 3.8) is 0 Å². The second-order valence-electron chi connectivity index (χ2n) is 27.1. The first-order chi connectivity index (χ1) is 38.9. The summed E-state index contributed by atoms with van der Waals surface area (Å²) in [4.78, 5) is 0. The fourth-order valence-corrected chi connectivity index (χ4v) is 12.2. The highest BCUT2D eigenvalue weighted by atomic mass is 14.3. The monoisotopic (exact) mass is 1070 g/mol. The molecule has 0 saturated heterocycles. The van der Waals surface area contributed by atoms with Crippen molar-refractivity contribution in [3.8, 4) is 44.5 Å². The second kappa shape index (κ2) is 28.8. The lowest BCUT2D eigenvalue weighted by Crippen LogP contribution is -2.37. The van der Waals surface area contributed by atoms with Gasteiger partial charge in [0, 0.05) is 0 Å². The van der Waals surface area contributed by atoms with E-state index in [2.05, 4.69) is 294 Å². The van der Waals surface area contributed by atoms with E-state index >= 15 is 0 Å². The van der Waals surface area contributed by atoms with Crippen LogP contribution in [0.4, 0.5) is 0 Å². The van der Waals surface area contributed by atoms with Gasteiger partial charge in [-0.15, -0.1) is 0 Å². The SMILES string of the molecule is CB(C)c1cc2c3c(c1)CCc1cc(B(C)C)cc(c1-3)CC2.CB(C)c1ccc(-c2ccc(B(C)C)cc2)cc1.CB(C)c1ccc(-c2ccc(B(C)C)cc2B(C)C)c(B(C)C)c1.CB(C)c1ccccc1-c1ccccc1B(C)C. The topological polar surface area (TPSA) is 0 Å². The summed E-state index contributed by atoms with van der Waals surface area (Å²) in [6.07, 6.45) is 4.88. The molecular weight excluding hydrogens is 973 g/mol. The Kier molecular flexibility index (Phi) is 22.5. The minimum atomic E-state index is 0.531. The van der Waals surface area contributed by atoms with Crippen LogP contribution in [0.3, 0.4) is 0 Å². The fraction of sp³-hybridized carbons (Fsp3) is 0.333. The molecule has 0 heterocycles. The Bertz CT molecular complexity index is 3110. The Balaban J connectivity index is 0.000000159. The lowest BCUT2D eigenvalue weighted by molar-refractivity contribution is 0.880. The average molecular weight is 1070 g/mol. The highest BCUT2D eigenvalue weighted by Gasteiger charge is 2.28. The Hall–Kier alpha value is -5.59. The molecule has 82 heavy (non-hydrogen) atoms. The van der Waals surface area contributed by atoms with E-state index in [0.717, 1.165) is 0 Å². The molecule has 0 aromatic heterocycles. The molecule has 2 aliphatic rings. The Labute approximate surface area is 505 Å². The van der Waals surface area contributed by atoms with Crippen LogP contribution in [-0.2, 0) is 25.7 Å². The van der Waals surface area contributed by atoms with Crippen molar-refractivity contribution in [3.05, 3.63) is 180 Å². The molecule has 0 saturated carbocycles. The van der Waals surface area contributed by atoms with Gasteiger partial charge in [-0.2, -0.15) is 0 Å². The van der Waals surface area contributed by atoms with Crippen molar-refractivity contribution >= 4 is 122 Å². The molecule has 0 nitrogen and oxygen atoms in total. The van der Waals surface area contributed by atoms with E-state index in [0.29, 0.717) is 67.1 Å². The highest BCUT2D eigenvalue weighted by molar-refractivity contribution is 6.78. The summed E-state index contributed by atoms with van der Waals surface area (Å²) in [5, 5.41) is 0. The van der Waals surface area contributed by atoms with Crippen molar-refractivity contribution < 1.29 is 0 Å². The molecule has 0 spiro atoms. The first kappa shape index (κ1) is 64.0. The minimum Gasteiger partial charge on any atom is -0.0819 e. The fourth-order valence-electron chi connectivity index (χ4n) is 12.2. The predicted molar refractivity (Wildman–Crippen MR) is 393 cm³/mol. The van der Waals surface area contributed by atoms with Gasteiger partial charge in [-0.05, 0) is 92.4 Å². The van der Waals surface area contributed by atoms with Crippen LogP contribution in [0.25, 0.3) is 44.5 Å². The molecule has 0 aliphatic heterocycles. The molecular formula is C72H94B10. The van der Waals surface area contributed by atoms with Gasteiger partial charge < -0.3 is 0 Å². The van der Waals surface area contributed by atoms with Gasteiger partial charge in [-0.25, -0.2) is 0 Å². The van der Waals surface area contributed by atoms with Crippen LogP contribution in [0.5, 0.6) is 0 Å². The third kappa shape index (κ3) is 15.6. The van der Waals surface area contributed by atoms with Gasteiger partial charge in [-0.3, -0.25) is 0 Å². The van der Waals surface area contributed by atoms with Gasteiger partial charge in [-0.1, -0.05) is 349 Å². The summed E-state index contributed by atoms with van der Waals surface area (Å²) in [6, 6.07) is 59.5. The quantitative estimate of drug-likeness (QED) is 0.101. The summed E-state index contributed by atoms with van der Waals surface area (Å²) in [5.41, 5.74) is 32.4. The average Bonchev–Trinajstić information content (AvgIpc) is 3.55. The van der Waals surface area contributed by atoms with Crippen LogP contribution >= 0.6 is 0 Å². The molecule has 10 heteroatoms. The van der Waals surface area contributed by atoms with E-state index in [1.54, 1.807) is 33.4 Å². The lowest BCUT2D eigenvalue weighted by atomic mass is 9.42. The summed E-state index contributed by atoms with van der Waals surface area (Å²) in [5.74, 6) is 0. The second-order valence-corrected chi connectivity index (χ2v) is 27.1. The molecule has 0 fully saturated rings. The standard InChI is InChI=1S/C20H30B4.C20H24B2.2C16H20B2/c1-21(2)15-9-11-17(19(13-15)23(5)6)18-12-10-16(22(3)4)14-20(18)24(7)8;1-21(2)17-9-13-5-7-15-11-18(22(3)4)12-16-8-6-14(10-17)19(13)20(15)16;1-17(2)15-9-5-13(6-10-15)14-7-11-16(12-8-14)18(3)4;1-17(2)15-11-7-5-9-13(15)14-10-6-8-12-16(14)18(3)4/h9-14H,1-8H3;9-12H,5-8H2,1-4H3;2*5-12H,1-4H3. The third-order valence-corrected chi connectivity index (χ3v) is 17.5. The first-order valence-electron chi connectivity index (χ1n) is 31.9. The van der Waals surface area contributed by atoms with Crippen molar-refractivity contribution in [2.45, 2.75) is 162 Å². The predicted octanol–water partition coefficient (Wildman–Crippen LogP) is 13.2. The van der Waals surface area contributed by atoms with E-state index in [9.17, 15) is 0 Å². The molecule has 10 rings (SSSR count). The summed E-state index contributed by atoms with van der Waals surface area (Å²) in [7, 11) is 0. The number of benzene rings is 8. The maximum atomic E-state index is 2.48. The smallest absolute Gasteiger partial charge is 0.0819 e. The van der Waals surface area contributed by atoms with Gasteiger partial charge in [0.15, 0.2) is 67.1 Å². The zero-order valence-electron chi connectivity index (χ0n) is 54.6. The van der Waals surface area contributed by atoms with Gasteiger partial charge in [0.25, 0.3) is 0 Å². The molecule has 0 bridgehead atoms. The summed E-state index contributed by atoms with van der Waals surface area (Å²) in [6.45, 7) is 51.3. The number of hydrogen-bond donors (Lipinski definition) is 0. The van der Waals surface area contributed by atoms with Crippen LogP contribution < -0.4 is 54.6 Å². The third-order valence-electron chi connectivity index (χ3n) is 17.5. The maximum Gasteiger partial charge on any atom is 0.170 e. The van der Waals surface area contributed by atoms with Crippen LogP contribution in [0, 0.1) is 0 Å². The zero-order valence-corrected chi connectivity index (χ0v) is 54.6. The highest BCUT2D eigenvalue weighted by Crippen LogP contribution is 2.41. The van der Waals surface area contributed by atoms with Crippen molar-refractivity contribution in [2.75, 3.05) is 0 Å². The molecule has 0 N–H and O–H groups in total. The van der Waals surface area contributed by atoms with Gasteiger partial charge in [0.1, 0.15) is 0 Å². The Morgan fingerprint density at radius 3 is 0.707 bits per heavy atom. The number of rotatable bonds is 13. The molecule has 412 valence electrons. The molecule has 0 amide bonds. The van der Waals surface area contributed by atoms with Crippen molar-refractivity contribution in [2.24, 2.45) is 0 Å². The van der Waals surface area contributed by atoms with E-state index in [1.165, 1.54) is 114 Å². The molecule has 0 radical (unpaired) electrons. The normalized spacial score (nSPS) is 11.5. The molecule has 8 aromatic rings. The summed E-state index contributed by atoms with van der Waals surface area (Å²) < 4.78 is 0. The van der Waals surface area contributed by atoms with Crippen LogP contribution in [0.2, 0.25) is 136 Å². The van der Waals surface area contributed by atoms with Crippen molar-refractivity contribution in [1.29, 1.82) is 0 Å². The van der Waals surface area contributed by atoms with E-state index in [4.69, 9.17) is 0 Å². The Morgan fingerprint density at radius 1 is 0.207 bits per heavy atom. The van der Waals surface area contributed by atoms with E-state index in [-0.39, 0.29) is 0 Å². The first-order valence-corrected chi connectivity index (χ1v) is 31.9. The molecule has 0 unspecified atom stereocenters. The van der Waals surface area contributed by atoms with Gasteiger partial charge in [0.05, 0.1) is 0 Å². The molecule has 2 aliphatic carbocycles. The number of aryl methyl sites for hydroxylation is 4. The van der Waals surface area contributed by atoms with Gasteiger partial charge in [0.2, 0.25) is 0 Å². The maximum absolute atomic E-state index is 2.48. The van der Waals surface area contributed by atoms with E-state index in [1.807, 2.05) is 0 Å². The molecule has 8 aromatic carbocycles. The molecule has 0 atom stereocenters. The van der Waals surface area contributed by atoms with Crippen LogP contribution in [0.15, 0.2) is 158 Å². The Morgan fingerprint density at radius 2 is 0.451 bits per heavy atom. The lowest BCUT2D eigenvalue weighted by Gasteiger charge is -2.31. The zero-order chi connectivity index (χ0) is 59.7.